The third kappa shape index (κ3) is 3.06. The van der Waals surface area contributed by atoms with E-state index >= 15 is 0 Å². The molecule has 0 saturated heterocycles. The van der Waals surface area contributed by atoms with Gasteiger partial charge in [-0.15, -0.1) is 5.16 Å². The normalized spacial score (nSPS) is 15.2. The maximum absolute atomic E-state index is 11.3. The minimum absolute atomic E-state index is 0.160. The molecular formula is C14H17ClN4O2. The SMILES string of the molecule is CC(C)(/C=N/O)C(O)(Cn1cncn1)c1ccc(Cl)cc1. The largest absolute Gasteiger partial charge is 0.411 e. The number of nitrogens with zero attached hydrogens (tertiary/aromatic N) is 4. The Morgan fingerprint density at radius 3 is 2.52 bits per heavy atom. The molecule has 2 aromatic rings. The third-order valence-corrected chi connectivity index (χ3v) is 3.88. The summed E-state index contributed by atoms with van der Waals surface area (Å²) in [5, 5.41) is 27.9. The molecule has 0 radical (unpaired) electrons. The summed E-state index contributed by atoms with van der Waals surface area (Å²) >= 11 is 5.90. The second-order valence-corrected chi connectivity index (χ2v) is 5.86. The lowest BCUT2D eigenvalue weighted by molar-refractivity contribution is -0.0549. The van der Waals surface area contributed by atoms with Crippen LogP contribution in [0.15, 0.2) is 42.1 Å². The zero-order valence-electron chi connectivity index (χ0n) is 11.8. The van der Waals surface area contributed by atoms with Crippen LogP contribution in [-0.4, -0.2) is 31.3 Å². The van der Waals surface area contributed by atoms with E-state index in [1.54, 1.807) is 38.1 Å². The Labute approximate surface area is 127 Å². The fourth-order valence-corrected chi connectivity index (χ4v) is 2.32. The van der Waals surface area contributed by atoms with Crippen molar-refractivity contribution in [2.45, 2.75) is 26.0 Å². The molecule has 7 heteroatoms. The zero-order chi connectivity index (χ0) is 15.5. The van der Waals surface area contributed by atoms with E-state index in [1.807, 2.05) is 0 Å². The fourth-order valence-electron chi connectivity index (χ4n) is 2.19. The molecule has 1 unspecified atom stereocenters. The number of halogens is 1. The third-order valence-electron chi connectivity index (χ3n) is 3.63. The number of oxime groups is 1. The molecule has 1 heterocycles. The van der Waals surface area contributed by atoms with Crippen molar-refractivity contribution in [3.8, 4) is 0 Å². The van der Waals surface area contributed by atoms with Gasteiger partial charge in [0.15, 0.2) is 0 Å². The van der Waals surface area contributed by atoms with Gasteiger partial charge in [0.1, 0.15) is 18.3 Å². The lowest BCUT2D eigenvalue weighted by Crippen LogP contribution is -2.46. The van der Waals surface area contributed by atoms with Gasteiger partial charge in [-0.25, -0.2) is 9.67 Å². The standard InChI is InChI=1S/C14H17ClN4O2/c1-13(2,7-18-21)14(20,8-19-10-16-9-17-19)11-3-5-12(15)6-4-11/h3-7,9-10,20-21H,8H2,1-2H3/b18-7+. The van der Waals surface area contributed by atoms with E-state index in [2.05, 4.69) is 15.2 Å². The number of hydrogen-bond donors (Lipinski definition) is 2. The number of rotatable bonds is 5. The Morgan fingerprint density at radius 2 is 2.00 bits per heavy atom. The first-order valence-corrected chi connectivity index (χ1v) is 6.76. The van der Waals surface area contributed by atoms with Crippen LogP contribution < -0.4 is 0 Å². The van der Waals surface area contributed by atoms with Gasteiger partial charge in [-0.2, -0.15) is 5.10 Å². The van der Waals surface area contributed by atoms with Crippen LogP contribution in [0.2, 0.25) is 5.02 Å². The van der Waals surface area contributed by atoms with Gasteiger partial charge >= 0.3 is 0 Å². The molecule has 0 aliphatic rings. The molecule has 2 N–H and O–H groups in total. The highest BCUT2D eigenvalue weighted by atomic mass is 35.5. The summed E-state index contributed by atoms with van der Waals surface area (Å²) < 4.78 is 1.53. The van der Waals surface area contributed by atoms with Crippen molar-refractivity contribution < 1.29 is 10.3 Å². The van der Waals surface area contributed by atoms with Gasteiger partial charge in [-0.1, -0.05) is 37.6 Å². The summed E-state index contributed by atoms with van der Waals surface area (Å²) in [7, 11) is 0. The zero-order valence-corrected chi connectivity index (χ0v) is 12.6. The summed E-state index contributed by atoms with van der Waals surface area (Å²) in [6.45, 7) is 3.71. The number of aromatic nitrogens is 3. The molecule has 0 amide bonds. The minimum Gasteiger partial charge on any atom is -0.411 e. The first kappa shape index (κ1) is 15.5. The molecule has 0 aliphatic heterocycles. The molecule has 21 heavy (non-hydrogen) atoms. The maximum atomic E-state index is 11.3. The van der Waals surface area contributed by atoms with Gasteiger partial charge < -0.3 is 10.3 Å². The van der Waals surface area contributed by atoms with E-state index in [1.165, 1.54) is 23.6 Å². The van der Waals surface area contributed by atoms with E-state index < -0.39 is 11.0 Å². The highest BCUT2D eigenvalue weighted by Crippen LogP contribution is 2.40. The van der Waals surface area contributed by atoms with Crippen molar-refractivity contribution in [2.24, 2.45) is 10.6 Å². The van der Waals surface area contributed by atoms with Gasteiger partial charge in [-0.3, -0.25) is 0 Å². The molecule has 0 aliphatic carbocycles. The van der Waals surface area contributed by atoms with E-state index in [0.717, 1.165) is 0 Å². The van der Waals surface area contributed by atoms with Crippen molar-refractivity contribution in [2.75, 3.05) is 0 Å². The van der Waals surface area contributed by atoms with Crippen LogP contribution in [0.4, 0.5) is 0 Å². The van der Waals surface area contributed by atoms with Crippen LogP contribution in [0.1, 0.15) is 19.4 Å². The second kappa shape index (κ2) is 5.83. The quantitative estimate of drug-likeness (QED) is 0.504. The van der Waals surface area contributed by atoms with Gasteiger partial charge in [0.25, 0.3) is 0 Å². The van der Waals surface area contributed by atoms with E-state index in [4.69, 9.17) is 16.8 Å². The Balaban J connectivity index is 2.49. The molecule has 0 fully saturated rings. The molecular weight excluding hydrogens is 292 g/mol. The van der Waals surface area contributed by atoms with Crippen molar-refractivity contribution >= 4 is 17.8 Å². The highest BCUT2D eigenvalue weighted by Gasteiger charge is 2.45. The minimum atomic E-state index is -1.35. The molecule has 1 aromatic heterocycles. The molecule has 1 atom stereocenters. The molecule has 6 nitrogen and oxygen atoms in total. The average Bonchev–Trinajstić information content (AvgIpc) is 2.91. The first-order valence-electron chi connectivity index (χ1n) is 6.38. The van der Waals surface area contributed by atoms with E-state index in [0.29, 0.717) is 10.6 Å². The maximum Gasteiger partial charge on any atom is 0.137 e. The van der Waals surface area contributed by atoms with Crippen molar-refractivity contribution in [3.05, 3.63) is 47.5 Å². The molecule has 0 bridgehead atoms. The van der Waals surface area contributed by atoms with Gasteiger partial charge in [0.2, 0.25) is 0 Å². The van der Waals surface area contributed by atoms with Gasteiger partial charge in [0, 0.05) is 10.4 Å². The van der Waals surface area contributed by atoms with Gasteiger partial charge in [-0.05, 0) is 17.7 Å². The van der Waals surface area contributed by atoms with Crippen molar-refractivity contribution in [3.63, 3.8) is 0 Å². The second-order valence-electron chi connectivity index (χ2n) is 5.43. The summed E-state index contributed by atoms with van der Waals surface area (Å²) in [5.41, 5.74) is -1.55. The van der Waals surface area contributed by atoms with Crippen LogP contribution in [0.5, 0.6) is 0 Å². The molecule has 0 saturated carbocycles. The summed E-state index contributed by atoms with van der Waals surface area (Å²) in [6.07, 6.45) is 4.22. The van der Waals surface area contributed by atoms with Crippen LogP contribution in [0.25, 0.3) is 0 Å². The average molecular weight is 309 g/mol. The highest BCUT2D eigenvalue weighted by molar-refractivity contribution is 6.30. The number of hydrogen-bond acceptors (Lipinski definition) is 5. The molecule has 2 rings (SSSR count). The van der Waals surface area contributed by atoms with Crippen molar-refractivity contribution in [1.82, 2.24) is 14.8 Å². The van der Waals surface area contributed by atoms with Crippen LogP contribution in [0, 0.1) is 5.41 Å². The molecule has 0 spiro atoms. The Kier molecular flexibility index (Phi) is 4.29. The lowest BCUT2D eigenvalue weighted by atomic mass is 9.71. The van der Waals surface area contributed by atoms with Crippen LogP contribution >= 0.6 is 11.6 Å². The number of aliphatic hydroxyl groups is 1. The van der Waals surface area contributed by atoms with Crippen LogP contribution in [-0.2, 0) is 12.1 Å². The van der Waals surface area contributed by atoms with E-state index in [-0.39, 0.29) is 6.54 Å². The molecule has 112 valence electrons. The predicted molar refractivity (Wildman–Crippen MR) is 79.4 cm³/mol. The Morgan fingerprint density at radius 1 is 1.33 bits per heavy atom. The molecule has 1 aromatic carbocycles. The predicted octanol–water partition coefficient (Wildman–Crippen LogP) is 2.31. The first-order chi connectivity index (χ1) is 9.89. The van der Waals surface area contributed by atoms with E-state index in [9.17, 15) is 5.11 Å². The van der Waals surface area contributed by atoms with Gasteiger partial charge in [0.05, 0.1) is 12.8 Å². The van der Waals surface area contributed by atoms with Crippen molar-refractivity contribution in [1.29, 1.82) is 0 Å². The monoisotopic (exact) mass is 308 g/mol. The summed E-state index contributed by atoms with van der Waals surface area (Å²) in [5.74, 6) is 0. The Bertz CT molecular complexity index is 610. The van der Waals surface area contributed by atoms with Crippen LogP contribution in [0.3, 0.4) is 0 Å². The Hall–Kier alpha value is -1.92. The number of benzene rings is 1. The smallest absolute Gasteiger partial charge is 0.137 e. The summed E-state index contributed by atoms with van der Waals surface area (Å²) in [4.78, 5) is 3.88. The summed E-state index contributed by atoms with van der Waals surface area (Å²) in [6, 6.07) is 6.89. The lowest BCUT2D eigenvalue weighted by Gasteiger charge is -2.40. The topological polar surface area (TPSA) is 83.5 Å². The fraction of sp³-hybridized carbons (Fsp3) is 0.357.